The Bertz CT molecular complexity index is 1650. The van der Waals surface area contributed by atoms with Gasteiger partial charge in [0.1, 0.15) is 36.1 Å². The SMILES string of the molecule is C[C@H](NC(=O)OCc1ccccc1)C(=O)Nc1ccc(C2SC(=Nc3cccc(F)c3)N(CCOc3ccccc3)C2=O)cc1. The summed E-state index contributed by atoms with van der Waals surface area (Å²) in [7, 11) is 0. The molecule has 5 rings (SSSR count). The molecule has 1 fully saturated rings. The van der Waals surface area contributed by atoms with E-state index in [2.05, 4.69) is 15.6 Å². The number of nitrogens with zero attached hydrogens (tertiary/aromatic N) is 2. The van der Waals surface area contributed by atoms with E-state index in [1.54, 1.807) is 48.2 Å². The molecule has 4 aromatic carbocycles. The summed E-state index contributed by atoms with van der Waals surface area (Å²) in [5.74, 6) is -0.355. The molecule has 0 saturated carbocycles. The molecule has 1 heterocycles. The minimum absolute atomic E-state index is 0.0898. The fourth-order valence-corrected chi connectivity index (χ4v) is 5.58. The molecule has 0 aromatic heterocycles. The van der Waals surface area contributed by atoms with Gasteiger partial charge in [0.2, 0.25) is 11.8 Å². The summed E-state index contributed by atoms with van der Waals surface area (Å²) >= 11 is 1.26. The Hall–Kier alpha value is -5.16. The van der Waals surface area contributed by atoms with E-state index in [9.17, 15) is 18.8 Å². The van der Waals surface area contributed by atoms with Crippen molar-refractivity contribution in [2.24, 2.45) is 4.99 Å². The van der Waals surface area contributed by atoms with Crippen molar-refractivity contribution in [3.05, 3.63) is 126 Å². The molecule has 1 unspecified atom stereocenters. The highest BCUT2D eigenvalue weighted by Crippen LogP contribution is 2.40. The van der Waals surface area contributed by atoms with Gasteiger partial charge < -0.3 is 20.1 Å². The van der Waals surface area contributed by atoms with E-state index in [0.717, 1.165) is 5.56 Å². The van der Waals surface area contributed by atoms with E-state index < -0.39 is 29.1 Å². The van der Waals surface area contributed by atoms with Crippen LogP contribution in [0.2, 0.25) is 0 Å². The van der Waals surface area contributed by atoms with Crippen LogP contribution >= 0.6 is 11.8 Å². The molecule has 1 aliphatic heterocycles. The monoisotopic (exact) mass is 626 g/mol. The van der Waals surface area contributed by atoms with Gasteiger partial charge in [0.05, 0.1) is 12.2 Å². The van der Waals surface area contributed by atoms with Crippen LogP contribution in [-0.4, -0.2) is 47.2 Å². The topological polar surface area (TPSA) is 109 Å². The molecule has 0 spiro atoms. The number of hydrogen-bond acceptors (Lipinski definition) is 7. The summed E-state index contributed by atoms with van der Waals surface area (Å²) in [5, 5.41) is 5.12. The number of hydrogen-bond donors (Lipinski definition) is 2. The molecule has 2 N–H and O–H groups in total. The zero-order valence-corrected chi connectivity index (χ0v) is 25.2. The molecule has 0 aliphatic carbocycles. The normalized spacial score (nSPS) is 15.9. The number of alkyl carbamates (subject to hydrolysis) is 1. The van der Waals surface area contributed by atoms with Crippen molar-refractivity contribution in [3.8, 4) is 5.75 Å². The first-order valence-corrected chi connectivity index (χ1v) is 15.1. The number of carbonyl (C=O) groups is 3. The Morgan fingerprint density at radius 3 is 2.38 bits per heavy atom. The lowest BCUT2D eigenvalue weighted by atomic mass is 10.1. The summed E-state index contributed by atoms with van der Waals surface area (Å²) in [6.45, 7) is 2.13. The van der Waals surface area contributed by atoms with E-state index in [-0.39, 0.29) is 25.7 Å². The molecule has 0 radical (unpaired) electrons. The minimum atomic E-state index is -0.854. The number of aliphatic imine (C=N–C) groups is 1. The number of anilines is 1. The van der Waals surface area contributed by atoms with Gasteiger partial charge in [-0.15, -0.1) is 0 Å². The molecule has 230 valence electrons. The number of thioether (sulfide) groups is 1. The largest absolute Gasteiger partial charge is 0.492 e. The third kappa shape index (κ3) is 8.70. The number of rotatable bonds is 11. The van der Waals surface area contributed by atoms with Crippen molar-refractivity contribution in [1.82, 2.24) is 10.2 Å². The van der Waals surface area contributed by atoms with Gasteiger partial charge in [0.25, 0.3) is 0 Å². The Labute approximate surface area is 264 Å². The molecule has 11 heteroatoms. The zero-order chi connectivity index (χ0) is 31.6. The van der Waals surface area contributed by atoms with Crippen LogP contribution in [0, 0.1) is 5.82 Å². The first-order valence-electron chi connectivity index (χ1n) is 14.2. The molecule has 0 bridgehead atoms. The van der Waals surface area contributed by atoms with Crippen molar-refractivity contribution in [1.29, 1.82) is 0 Å². The third-order valence-electron chi connectivity index (χ3n) is 6.73. The van der Waals surface area contributed by atoms with Crippen molar-refractivity contribution in [2.75, 3.05) is 18.5 Å². The number of amidine groups is 1. The average molecular weight is 627 g/mol. The molecule has 3 amide bonds. The smallest absolute Gasteiger partial charge is 0.408 e. The molecule has 2 atom stereocenters. The highest BCUT2D eigenvalue weighted by atomic mass is 32.2. The molecule has 9 nitrogen and oxygen atoms in total. The van der Waals surface area contributed by atoms with Crippen LogP contribution in [0.15, 0.2) is 114 Å². The first kappa shape index (κ1) is 31.3. The van der Waals surface area contributed by atoms with Gasteiger partial charge in [-0.3, -0.25) is 14.5 Å². The van der Waals surface area contributed by atoms with Crippen molar-refractivity contribution < 1.29 is 28.2 Å². The van der Waals surface area contributed by atoms with Gasteiger partial charge in [-0.05, 0) is 60.5 Å². The van der Waals surface area contributed by atoms with Crippen LogP contribution in [0.1, 0.15) is 23.3 Å². The Morgan fingerprint density at radius 1 is 0.956 bits per heavy atom. The standard InChI is InChI=1S/C34H31FN4O5S/c1-23(36-34(42)44-22-24-9-4-2-5-10-24)31(40)37-27-17-15-25(16-18-27)30-32(41)39(19-20-43-29-13-6-3-7-14-29)33(45-30)38-28-12-8-11-26(35)21-28/h2-18,21,23,30H,19-20,22H2,1H3,(H,36,42)(H,37,40)/t23-,30?/m0/s1. The van der Waals surface area contributed by atoms with Gasteiger partial charge in [-0.1, -0.05) is 78.5 Å². The zero-order valence-electron chi connectivity index (χ0n) is 24.4. The quantitative estimate of drug-likeness (QED) is 0.198. The van der Waals surface area contributed by atoms with Crippen LogP contribution in [-0.2, 0) is 20.9 Å². The molecule has 45 heavy (non-hydrogen) atoms. The highest BCUT2D eigenvalue weighted by Gasteiger charge is 2.39. The maximum absolute atomic E-state index is 13.9. The van der Waals surface area contributed by atoms with E-state index in [0.29, 0.717) is 27.9 Å². The van der Waals surface area contributed by atoms with E-state index in [1.165, 1.54) is 23.9 Å². The van der Waals surface area contributed by atoms with Crippen LogP contribution < -0.4 is 15.4 Å². The fourth-order valence-electron chi connectivity index (χ4n) is 4.38. The Kier molecular flexibility index (Phi) is 10.4. The summed E-state index contributed by atoms with van der Waals surface area (Å²) in [6.07, 6.45) is -0.706. The van der Waals surface area contributed by atoms with Crippen LogP contribution in [0.3, 0.4) is 0 Å². The number of ether oxygens (including phenoxy) is 2. The third-order valence-corrected chi connectivity index (χ3v) is 7.96. The second-order valence-corrected chi connectivity index (χ2v) is 11.1. The molecule has 4 aromatic rings. The lowest BCUT2D eigenvalue weighted by Gasteiger charge is -2.17. The van der Waals surface area contributed by atoms with E-state index in [1.807, 2.05) is 60.7 Å². The van der Waals surface area contributed by atoms with Crippen LogP contribution in [0.5, 0.6) is 5.75 Å². The predicted octanol–water partition coefficient (Wildman–Crippen LogP) is 6.46. The minimum Gasteiger partial charge on any atom is -0.492 e. The summed E-state index contributed by atoms with van der Waals surface area (Å²) < 4.78 is 24.8. The highest BCUT2D eigenvalue weighted by molar-refractivity contribution is 8.15. The number of benzene rings is 4. The summed E-state index contributed by atoms with van der Waals surface area (Å²) in [4.78, 5) is 44.5. The second kappa shape index (κ2) is 15.0. The summed E-state index contributed by atoms with van der Waals surface area (Å²) in [5.41, 5.74) is 2.42. The fraction of sp³-hybridized carbons (Fsp3) is 0.176. The second-order valence-electron chi connectivity index (χ2n) is 10.1. The van der Waals surface area contributed by atoms with E-state index >= 15 is 0 Å². The van der Waals surface area contributed by atoms with Gasteiger partial charge in [0.15, 0.2) is 5.17 Å². The Morgan fingerprint density at radius 2 is 1.67 bits per heavy atom. The predicted molar refractivity (Wildman–Crippen MR) is 172 cm³/mol. The van der Waals surface area contributed by atoms with Crippen molar-refractivity contribution in [2.45, 2.75) is 24.8 Å². The molecular weight excluding hydrogens is 595 g/mol. The maximum atomic E-state index is 13.9. The van der Waals surface area contributed by atoms with Gasteiger partial charge in [-0.25, -0.2) is 14.2 Å². The maximum Gasteiger partial charge on any atom is 0.408 e. The van der Waals surface area contributed by atoms with Gasteiger partial charge in [-0.2, -0.15) is 0 Å². The van der Waals surface area contributed by atoms with Crippen LogP contribution in [0.25, 0.3) is 0 Å². The number of amides is 3. The van der Waals surface area contributed by atoms with E-state index in [4.69, 9.17) is 9.47 Å². The number of para-hydroxylation sites is 1. The Balaban J connectivity index is 1.21. The lowest BCUT2D eigenvalue weighted by molar-refractivity contribution is -0.126. The average Bonchev–Trinajstić information content (AvgIpc) is 3.35. The lowest BCUT2D eigenvalue weighted by Crippen LogP contribution is -2.41. The first-order chi connectivity index (χ1) is 21.9. The molecule has 1 aliphatic rings. The number of carbonyl (C=O) groups excluding carboxylic acids is 3. The van der Waals surface area contributed by atoms with Crippen molar-refractivity contribution in [3.63, 3.8) is 0 Å². The van der Waals surface area contributed by atoms with Gasteiger partial charge in [0, 0.05) is 5.69 Å². The number of halogens is 1. The van der Waals surface area contributed by atoms with Gasteiger partial charge >= 0.3 is 6.09 Å². The van der Waals surface area contributed by atoms with Crippen molar-refractivity contribution >= 4 is 46.2 Å². The molecule has 1 saturated heterocycles. The molecular formula is C34H31FN4O5S. The summed E-state index contributed by atoms with van der Waals surface area (Å²) in [6, 6.07) is 30.4. The van der Waals surface area contributed by atoms with Crippen LogP contribution in [0.4, 0.5) is 20.6 Å². The number of nitrogens with one attached hydrogen (secondary N) is 2.